The number of esters is 1. The monoisotopic (exact) mass is 452 g/mol. The van der Waals surface area contributed by atoms with Crippen LogP contribution in [0.25, 0.3) is 6.08 Å². The van der Waals surface area contributed by atoms with Crippen LogP contribution in [-0.4, -0.2) is 39.2 Å². The smallest absolute Gasteiger partial charge is 0.311 e. The Kier molecular flexibility index (Phi) is 9.30. The summed E-state index contributed by atoms with van der Waals surface area (Å²) in [4.78, 5) is 24.5. The van der Waals surface area contributed by atoms with Gasteiger partial charge in [-0.1, -0.05) is 12.1 Å². The van der Waals surface area contributed by atoms with Crippen LogP contribution in [0.3, 0.4) is 0 Å². The number of carbonyl (C=O) groups is 2. The Hall–Kier alpha value is -3.99. The Morgan fingerprint density at radius 3 is 2.21 bits per heavy atom. The van der Waals surface area contributed by atoms with Crippen molar-refractivity contribution in [1.29, 1.82) is 5.26 Å². The summed E-state index contributed by atoms with van der Waals surface area (Å²) in [5, 5.41) is 12.0. The third-order valence-corrected chi connectivity index (χ3v) is 4.57. The maximum Gasteiger partial charge on any atom is 0.311 e. The van der Waals surface area contributed by atoms with Gasteiger partial charge in [-0.3, -0.25) is 9.59 Å². The third-order valence-electron chi connectivity index (χ3n) is 4.57. The van der Waals surface area contributed by atoms with Gasteiger partial charge >= 0.3 is 5.97 Å². The minimum Gasteiger partial charge on any atom is -0.493 e. The first kappa shape index (κ1) is 25.3. The quantitative estimate of drug-likeness (QED) is 0.254. The molecule has 8 heteroatoms. The minimum absolute atomic E-state index is 0.0367. The number of aryl methyl sites for hydroxylation is 1. The number of hydrogen-bond donors (Lipinski definition) is 1. The summed E-state index contributed by atoms with van der Waals surface area (Å²) in [6.07, 6.45) is 2.05. The molecule has 0 saturated carbocycles. The van der Waals surface area contributed by atoms with Crippen LogP contribution in [0.4, 0.5) is 0 Å². The van der Waals surface area contributed by atoms with Gasteiger partial charge in [0, 0.05) is 12.5 Å². The molecule has 0 radical (unpaired) electrons. The second kappa shape index (κ2) is 12.2. The molecule has 0 atom stereocenters. The molecular weight excluding hydrogens is 424 g/mol. The van der Waals surface area contributed by atoms with E-state index in [9.17, 15) is 14.9 Å². The molecule has 0 fully saturated rings. The van der Waals surface area contributed by atoms with Gasteiger partial charge in [-0.25, -0.2) is 0 Å². The number of amides is 1. The largest absolute Gasteiger partial charge is 0.493 e. The van der Waals surface area contributed by atoms with Crippen molar-refractivity contribution in [2.75, 3.05) is 21.3 Å². The molecule has 0 heterocycles. The fourth-order valence-electron chi connectivity index (χ4n) is 2.97. The SMILES string of the molecule is COc1ccc(CCC(=O)Oc2ccc(/C=C(\C#N)C(=O)NC(C)C)cc2OC)cc1OC. The summed E-state index contributed by atoms with van der Waals surface area (Å²) in [6, 6.07) is 12.1. The summed E-state index contributed by atoms with van der Waals surface area (Å²) in [5.74, 6) is 0.871. The number of carbonyl (C=O) groups excluding carboxylic acids is 2. The van der Waals surface area contributed by atoms with E-state index >= 15 is 0 Å². The standard InChI is InChI=1S/C25H28N2O6/c1-16(2)27-25(29)19(15-26)12-18-7-10-21(23(14-18)32-5)33-24(28)11-8-17-6-9-20(30-3)22(13-17)31-4/h6-7,9-10,12-14,16H,8,11H2,1-5H3,(H,27,29)/b19-12+. The topological polar surface area (TPSA) is 107 Å². The molecular formula is C25H28N2O6. The van der Waals surface area contributed by atoms with Crippen molar-refractivity contribution in [3.8, 4) is 29.1 Å². The second-order valence-electron chi connectivity index (χ2n) is 7.37. The first-order valence-electron chi connectivity index (χ1n) is 10.3. The zero-order valence-electron chi connectivity index (χ0n) is 19.4. The lowest BCUT2D eigenvalue weighted by molar-refractivity contribution is -0.134. The van der Waals surface area contributed by atoms with Gasteiger partial charge in [0.15, 0.2) is 23.0 Å². The van der Waals surface area contributed by atoms with Gasteiger partial charge in [0.2, 0.25) is 0 Å². The highest BCUT2D eigenvalue weighted by Gasteiger charge is 2.14. The van der Waals surface area contributed by atoms with Crippen molar-refractivity contribution in [2.24, 2.45) is 0 Å². The highest BCUT2D eigenvalue weighted by Crippen LogP contribution is 2.30. The number of nitrogens with zero attached hydrogens (tertiary/aromatic N) is 1. The van der Waals surface area contributed by atoms with E-state index in [0.717, 1.165) is 5.56 Å². The Morgan fingerprint density at radius 1 is 0.970 bits per heavy atom. The molecule has 0 unspecified atom stereocenters. The van der Waals surface area contributed by atoms with Crippen molar-refractivity contribution in [3.05, 3.63) is 53.1 Å². The minimum atomic E-state index is -0.461. The van der Waals surface area contributed by atoms with Gasteiger partial charge in [-0.15, -0.1) is 0 Å². The molecule has 0 saturated heterocycles. The van der Waals surface area contributed by atoms with Crippen LogP contribution in [0.2, 0.25) is 0 Å². The lowest BCUT2D eigenvalue weighted by Crippen LogP contribution is -2.30. The van der Waals surface area contributed by atoms with Crippen LogP contribution in [0, 0.1) is 11.3 Å². The summed E-state index contributed by atoms with van der Waals surface area (Å²) < 4.78 is 21.3. The Balaban J connectivity index is 2.09. The molecule has 0 aliphatic carbocycles. The first-order chi connectivity index (χ1) is 15.8. The van der Waals surface area contributed by atoms with Crippen molar-refractivity contribution in [2.45, 2.75) is 32.7 Å². The third kappa shape index (κ3) is 7.28. The molecule has 33 heavy (non-hydrogen) atoms. The molecule has 0 aliphatic heterocycles. The molecule has 0 aromatic heterocycles. The van der Waals surface area contributed by atoms with Crippen molar-refractivity contribution in [3.63, 3.8) is 0 Å². The normalized spacial score (nSPS) is 10.9. The van der Waals surface area contributed by atoms with Gasteiger partial charge in [0.05, 0.1) is 21.3 Å². The molecule has 0 spiro atoms. The molecule has 2 aromatic rings. The van der Waals surface area contributed by atoms with Gasteiger partial charge in [-0.2, -0.15) is 5.26 Å². The lowest BCUT2D eigenvalue weighted by Gasteiger charge is -2.11. The van der Waals surface area contributed by atoms with Gasteiger partial charge < -0.3 is 24.3 Å². The highest BCUT2D eigenvalue weighted by atomic mass is 16.6. The second-order valence-corrected chi connectivity index (χ2v) is 7.37. The van der Waals surface area contributed by atoms with E-state index in [1.165, 1.54) is 13.2 Å². The fraction of sp³-hybridized carbons (Fsp3) is 0.320. The van der Waals surface area contributed by atoms with Gasteiger partial charge in [0.25, 0.3) is 5.91 Å². The van der Waals surface area contributed by atoms with E-state index in [4.69, 9.17) is 18.9 Å². The number of hydrogen-bond acceptors (Lipinski definition) is 7. The van der Waals surface area contributed by atoms with Crippen molar-refractivity contribution in [1.82, 2.24) is 5.32 Å². The van der Waals surface area contributed by atoms with Gasteiger partial charge in [-0.05, 0) is 61.7 Å². The van der Waals surface area contributed by atoms with Crippen molar-refractivity contribution < 1.29 is 28.5 Å². The average Bonchev–Trinajstić information content (AvgIpc) is 2.81. The average molecular weight is 453 g/mol. The van der Waals surface area contributed by atoms with E-state index in [-0.39, 0.29) is 23.8 Å². The van der Waals surface area contributed by atoms with E-state index < -0.39 is 11.9 Å². The van der Waals surface area contributed by atoms with Crippen LogP contribution >= 0.6 is 0 Å². The lowest BCUT2D eigenvalue weighted by atomic mass is 10.1. The van der Waals surface area contributed by atoms with Gasteiger partial charge in [0.1, 0.15) is 11.6 Å². The van der Waals surface area contributed by atoms with Crippen LogP contribution in [0.15, 0.2) is 42.0 Å². The van der Waals surface area contributed by atoms with E-state index in [2.05, 4.69) is 5.32 Å². The summed E-state index contributed by atoms with van der Waals surface area (Å²) >= 11 is 0. The van der Waals surface area contributed by atoms with Crippen LogP contribution in [-0.2, 0) is 16.0 Å². The van der Waals surface area contributed by atoms with Crippen LogP contribution < -0.4 is 24.3 Å². The summed E-state index contributed by atoms with van der Waals surface area (Å²) in [7, 11) is 4.56. The number of nitrogens with one attached hydrogen (secondary N) is 1. The van der Waals surface area contributed by atoms with E-state index in [1.807, 2.05) is 32.0 Å². The molecule has 1 amide bonds. The number of benzene rings is 2. The fourth-order valence-corrected chi connectivity index (χ4v) is 2.97. The number of ether oxygens (including phenoxy) is 4. The zero-order valence-corrected chi connectivity index (χ0v) is 19.4. The highest BCUT2D eigenvalue weighted by molar-refractivity contribution is 6.01. The predicted octanol–water partition coefficient (Wildman–Crippen LogP) is 3.68. The Morgan fingerprint density at radius 2 is 1.61 bits per heavy atom. The predicted molar refractivity (Wildman–Crippen MR) is 123 cm³/mol. The van der Waals surface area contributed by atoms with E-state index in [0.29, 0.717) is 29.2 Å². The maximum absolute atomic E-state index is 12.4. The molecule has 174 valence electrons. The molecule has 1 N–H and O–H groups in total. The zero-order chi connectivity index (χ0) is 24.4. The van der Waals surface area contributed by atoms with Crippen LogP contribution in [0.1, 0.15) is 31.4 Å². The summed E-state index contributed by atoms with van der Waals surface area (Å²) in [6.45, 7) is 3.62. The summed E-state index contributed by atoms with van der Waals surface area (Å²) in [5.41, 5.74) is 1.43. The Labute approximate surface area is 193 Å². The number of methoxy groups -OCH3 is 3. The maximum atomic E-state index is 12.4. The number of nitriles is 1. The van der Waals surface area contributed by atoms with Crippen LogP contribution in [0.5, 0.6) is 23.0 Å². The molecule has 8 nitrogen and oxygen atoms in total. The molecule has 0 bridgehead atoms. The first-order valence-corrected chi connectivity index (χ1v) is 10.3. The van der Waals surface area contributed by atoms with Crippen molar-refractivity contribution >= 4 is 18.0 Å². The van der Waals surface area contributed by atoms with E-state index in [1.54, 1.807) is 38.5 Å². The molecule has 2 aromatic carbocycles. The number of rotatable bonds is 10. The molecule has 0 aliphatic rings. The Bertz CT molecular complexity index is 1070. The molecule has 2 rings (SSSR count).